The number of rotatable bonds is 4. The molecule has 1 aromatic carbocycles. The third kappa shape index (κ3) is 2.30. The van der Waals surface area contributed by atoms with Gasteiger partial charge in [-0.2, -0.15) is 5.10 Å². The molecule has 0 aliphatic rings. The molecule has 0 bridgehead atoms. The van der Waals surface area contributed by atoms with E-state index in [0.29, 0.717) is 6.61 Å². The molecule has 0 spiro atoms. The molecule has 0 N–H and O–H groups in total. The molecule has 17 heavy (non-hydrogen) atoms. The van der Waals surface area contributed by atoms with Crippen LogP contribution in [0.2, 0.25) is 0 Å². The smallest absolute Gasteiger partial charge is 0.311 e. The topological polar surface area (TPSA) is 44.1 Å². The Morgan fingerprint density at radius 3 is 2.82 bits per heavy atom. The van der Waals surface area contributed by atoms with Gasteiger partial charge in [-0.05, 0) is 19.9 Å². The van der Waals surface area contributed by atoms with Crippen molar-refractivity contribution in [2.75, 3.05) is 6.61 Å². The molecule has 4 nitrogen and oxygen atoms in total. The van der Waals surface area contributed by atoms with E-state index in [-0.39, 0.29) is 12.4 Å². The quantitative estimate of drug-likeness (QED) is 0.759. The highest BCUT2D eigenvalue weighted by molar-refractivity contribution is 5.86. The molecule has 0 unspecified atom stereocenters. The van der Waals surface area contributed by atoms with Crippen molar-refractivity contribution in [2.24, 2.45) is 0 Å². The normalized spacial score (nSPS) is 10.7. The third-order valence-electron chi connectivity index (χ3n) is 2.65. The Balaban J connectivity index is 2.37. The fourth-order valence-corrected chi connectivity index (χ4v) is 1.92. The van der Waals surface area contributed by atoms with E-state index < -0.39 is 0 Å². The lowest BCUT2D eigenvalue weighted by Gasteiger charge is -1.98. The van der Waals surface area contributed by atoms with E-state index in [9.17, 15) is 4.79 Å². The highest BCUT2D eigenvalue weighted by Gasteiger charge is 2.13. The minimum Gasteiger partial charge on any atom is -0.466 e. The van der Waals surface area contributed by atoms with Gasteiger partial charge in [0.1, 0.15) is 0 Å². The summed E-state index contributed by atoms with van der Waals surface area (Å²) >= 11 is 0. The van der Waals surface area contributed by atoms with E-state index in [1.54, 1.807) is 6.92 Å². The minimum absolute atomic E-state index is 0.223. The van der Waals surface area contributed by atoms with Crippen molar-refractivity contribution in [3.63, 3.8) is 0 Å². The van der Waals surface area contributed by atoms with Crippen LogP contribution < -0.4 is 0 Å². The van der Waals surface area contributed by atoms with Crippen LogP contribution in [0.4, 0.5) is 0 Å². The highest BCUT2D eigenvalue weighted by Crippen LogP contribution is 2.18. The van der Waals surface area contributed by atoms with E-state index in [0.717, 1.165) is 23.1 Å². The summed E-state index contributed by atoms with van der Waals surface area (Å²) in [6.45, 7) is 5.04. The second-order valence-corrected chi connectivity index (χ2v) is 3.76. The molecule has 4 heteroatoms. The number of esters is 1. The Morgan fingerprint density at radius 2 is 2.12 bits per heavy atom. The summed E-state index contributed by atoms with van der Waals surface area (Å²) in [5, 5.41) is 5.48. The maximum Gasteiger partial charge on any atom is 0.311 e. The second-order valence-electron chi connectivity index (χ2n) is 3.76. The second kappa shape index (κ2) is 4.99. The summed E-state index contributed by atoms with van der Waals surface area (Å²) in [5.74, 6) is -0.223. The van der Waals surface area contributed by atoms with Crippen molar-refractivity contribution in [3.05, 3.63) is 30.0 Å². The van der Waals surface area contributed by atoms with E-state index in [1.807, 2.05) is 35.9 Å². The average Bonchev–Trinajstić information content (AvgIpc) is 2.68. The van der Waals surface area contributed by atoms with E-state index in [2.05, 4.69) is 5.10 Å². The SMILES string of the molecule is CCOC(=O)Cc1nn(CC)c2ccccc12. The van der Waals surface area contributed by atoms with Gasteiger partial charge in [-0.3, -0.25) is 9.48 Å². The molecular weight excluding hydrogens is 216 g/mol. The standard InChI is InChI=1S/C13H16N2O2/c1-3-15-12-8-6-5-7-10(12)11(14-15)9-13(16)17-4-2/h5-8H,3-4,9H2,1-2H3. The lowest BCUT2D eigenvalue weighted by Crippen LogP contribution is -2.08. The van der Waals surface area contributed by atoms with Crippen LogP contribution in [0.15, 0.2) is 24.3 Å². The number of benzene rings is 1. The number of hydrogen-bond acceptors (Lipinski definition) is 3. The molecule has 90 valence electrons. The number of carbonyl (C=O) groups is 1. The van der Waals surface area contributed by atoms with E-state index >= 15 is 0 Å². The molecule has 1 aromatic heterocycles. The zero-order chi connectivity index (χ0) is 12.3. The molecule has 0 aliphatic heterocycles. The maximum atomic E-state index is 11.5. The molecule has 2 rings (SSSR count). The van der Waals surface area contributed by atoms with Crippen molar-refractivity contribution < 1.29 is 9.53 Å². The van der Waals surface area contributed by atoms with E-state index in [4.69, 9.17) is 4.74 Å². The van der Waals surface area contributed by atoms with Crippen LogP contribution in [0.3, 0.4) is 0 Å². The van der Waals surface area contributed by atoms with Gasteiger partial charge < -0.3 is 4.74 Å². The Labute approximate surface area is 100 Å². The largest absolute Gasteiger partial charge is 0.466 e. The highest BCUT2D eigenvalue weighted by atomic mass is 16.5. The van der Waals surface area contributed by atoms with Gasteiger partial charge in [0.2, 0.25) is 0 Å². The van der Waals surface area contributed by atoms with Gasteiger partial charge in [-0.1, -0.05) is 18.2 Å². The summed E-state index contributed by atoms with van der Waals surface area (Å²) < 4.78 is 6.86. The number of para-hydroxylation sites is 1. The molecule has 0 radical (unpaired) electrons. The number of fused-ring (bicyclic) bond motifs is 1. The minimum atomic E-state index is -0.223. The number of aromatic nitrogens is 2. The molecule has 0 fully saturated rings. The number of hydrogen-bond donors (Lipinski definition) is 0. The molecule has 0 atom stereocenters. The molecule has 1 heterocycles. The fourth-order valence-electron chi connectivity index (χ4n) is 1.92. The van der Waals surface area contributed by atoms with Crippen LogP contribution in [0, 0.1) is 0 Å². The first kappa shape index (κ1) is 11.6. The first-order chi connectivity index (χ1) is 8.26. The Bertz CT molecular complexity index is 531. The lowest BCUT2D eigenvalue weighted by molar-refractivity contribution is -0.142. The molecule has 0 saturated carbocycles. The van der Waals surface area contributed by atoms with Crippen molar-refractivity contribution in [2.45, 2.75) is 26.8 Å². The monoisotopic (exact) mass is 232 g/mol. The van der Waals surface area contributed by atoms with Gasteiger partial charge in [0.05, 0.1) is 24.2 Å². The van der Waals surface area contributed by atoms with Gasteiger partial charge in [-0.25, -0.2) is 0 Å². The Kier molecular flexibility index (Phi) is 3.42. The molecule has 2 aromatic rings. The fraction of sp³-hybridized carbons (Fsp3) is 0.385. The Hall–Kier alpha value is -1.84. The predicted molar refractivity (Wildman–Crippen MR) is 65.7 cm³/mol. The maximum absolute atomic E-state index is 11.5. The van der Waals surface area contributed by atoms with Gasteiger partial charge >= 0.3 is 5.97 Å². The lowest BCUT2D eigenvalue weighted by atomic mass is 10.2. The third-order valence-corrected chi connectivity index (χ3v) is 2.65. The Morgan fingerprint density at radius 1 is 1.35 bits per heavy atom. The van der Waals surface area contributed by atoms with E-state index in [1.165, 1.54) is 0 Å². The number of carbonyl (C=O) groups excluding carboxylic acids is 1. The summed E-state index contributed by atoms with van der Waals surface area (Å²) in [5.41, 5.74) is 1.86. The van der Waals surface area contributed by atoms with Gasteiger partial charge in [0.15, 0.2) is 0 Å². The average molecular weight is 232 g/mol. The summed E-state index contributed by atoms with van der Waals surface area (Å²) in [6, 6.07) is 7.94. The van der Waals surface area contributed by atoms with Gasteiger partial charge in [0.25, 0.3) is 0 Å². The van der Waals surface area contributed by atoms with Crippen molar-refractivity contribution in [3.8, 4) is 0 Å². The first-order valence-corrected chi connectivity index (χ1v) is 5.86. The zero-order valence-corrected chi connectivity index (χ0v) is 10.1. The summed E-state index contributed by atoms with van der Waals surface area (Å²) in [7, 11) is 0. The van der Waals surface area contributed by atoms with Crippen molar-refractivity contribution >= 4 is 16.9 Å². The molecular formula is C13H16N2O2. The number of nitrogens with zero attached hydrogens (tertiary/aromatic N) is 2. The van der Waals surface area contributed by atoms with Gasteiger partial charge in [-0.15, -0.1) is 0 Å². The van der Waals surface area contributed by atoms with Gasteiger partial charge in [0, 0.05) is 11.9 Å². The van der Waals surface area contributed by atoms with Crippen LogP contribution in [0.25, 0.3) is 10.9 Å². The summed E-state index contributed by atoms with van der Waals surface area (Å²) in [4.78, 5) is 11.5. The molecule has 0 saturated heterocycles. The molecule has 0 amide bonds. The van der Waals surface area contributed by atoms with Crippen molar-refractivity contribution in [1.29, 1.82) is 0 Å². The van der Waals surface area contributed by atoms with Crippen LogP contribution in [-0.2, 0) is 22.5 Å². The predicted octanol–water partition coefficient (Wildman–Crippen LogP) is 2.16. The zero-order valence-electron chi connectivity index (χ0n) is 10.1. The number of aryl methyl sites for hydroxylation is 1. The first-order valence-electron chi connectivity index (χ1n) is 5.86. The van der Waals surface area contributed by atoms with Crippen LogP contribution in [0.1, 0.15) is 19.5 Å². The number of ether oxygens (including phenoxy) is 1. The van der Waals surface area contributed by atoms with Crippen LogP contribution >= 0.6 is 0 Å². The van der Waals surface area contributed by atoms with Crippen molar-refractivity contribution in [1.82, 2.24) is 9.78 Å². The summed E-state index contributed by atoms with van der Waals surface area (Å²) in [6.07, 6.45) is 0.237. The van der Waals surface area contributed by atoms with Crippen LogP contribution in [0.5, 0.6) is 0 Å². The van der Waals surface area contributed by atoms with Crippen LogP contribution in [-0.4, -0.2) is 22.4 Å². The molecule has 0 aliphatic carbocycles.